The van der Waals surface area contributed by atoms with Gasteiger partial charge in [-0.2, -0.15) is 0 Å². The maximum absolute atomic E-state index is 6.58. The number of halogens is 1. The predicted molar refractivity (Wildman–Crippen MR) is 78.2 cm³/mol. The van der Waals surface area contributed by atoms with E-state index in [0.29, 0.717) is 36.3 Å². The second-order valence-electron chi connectivity index (χ2n) is 5.48. The molecule has 1 heterocycles. The Morgan fingerprint density at radius 3 is 2.65 bits per heavy atom. The lowest BCUT2D eigenvalue weighted by Gasteiger charge is -2.33. The molecule has 0 radical (unpaired) electrons. The summed E-state index contributed by atoms with van der Waals surface area (Å²) in [6.45, 7) is 1.66. The second kappa shape index (κ2) is 5.34. The Balaban J connectivity index is 2.21. The van der Waals surface area contributed by atoms with E-state index in [2.05, 4.69) is 0 Å². The Labute approximate surface area is 124 Å². The zero-order chi connectivity index (χ0) is 14.2. The van der Waals surface area contributed by atoms with Gasteiger partial charge in [0.1, 0.15) is 19.0 Å². The molecule has 0 aromatic heterocycles. The molecule has 20 heavy (non-hydrogen) atoms. The van der Waals surface area contributed by atoms with Crippen molar-refractivity contribution in [3.05, 3.63) is 16.7 Å². The first-order valence-electron chi connectivity index (χ1n) is 7.08. The van der Waals surface area contributed by atoms with Crippen LogP contribution in [0.1, 0.15) is 31.2 Å². The Hall–Kier alpha value is -1.13. The number of hydrogen-bond acceptors (Lipinski definition) is 4. The smallest absolute Gasteiger partial charge is 0.166 e. The molecule has 1 aliphatic carbocycles. The molecular formula is C15H20ClNO3. The molecule has 0 amide bonds. The van der Waals surface area contributed by atoms with E-state index < -0.39 is 0 Å². The fourth-order valence-electron chi connectivity index (χ4n) is 3.37. The third kappa shape index (κ3) is 2.02. The topological polar surface area (TPSA) is 53.7 Å². The van der Waals surface area contributed by atoms with Gasteiger partial charge in [-0.05, 0) is 12.8 Å². The fraction of sp³-hybridized carbons (Fsp3) is 0.600. The molecule has 1 aromatic carbocycles. The van der Waals surface area contributed by atoms with Crippen molar-refractivity contribution >= 4 is 11.6 Å². The van der Waals surface area contributed by atoms with Crippen molar-refractivity contribution in [2.24, 2.45) is 5.73 Å². The molecule has 5 heteroatoms. The van der Waals surface area contributed by atoms with Crippen molar-refractivity contribution in [1.82, 2.24) is 0 Å². The van der Waals surface area contributed by atoms with E-state index in [-0.39, 0.29) is 5.41 Å². The van der Waals surface area contributed by atoms with E-state index in [0.717, 1.165) is 24.2 Å². The normalized spacial score (nSPS) is 19.9. The lowest BCUT2D eigenvalue weighted by molar-refractivity contribution is 0.166. The molecule has 0 unspecified atom stereocenters. The molecule has 2 aliphatic rings. The van der Waals surface area contributed by atoms with Crippen LogP contribution in [0, 0.1) is 0 Å². The average molecular weight is 298 g/mol. The van der Waals surface area contributed by atoms with Crippen LogP contribution in [0.15, 0.2) is 6.07 Å². The van der Waals surface area contributed by atoms with Crippen molar-refractivity contribution in [2.45, 2.75) is 31.1 Å². The number of benzene rings is 1. The predicted octanol–water partition coefficient (Wildman–Crippen LogP) is 2.89. The van der Waals surface area contributed by atoms with Gasteiger partial charge >= 0.3 is 0 Å². The van der Waals surface area contributed by atoms with Gasteiger partial charge in [-0.3, -0.25) is 0 Å². The van der Waals surface area contributed by atoms with E-state index in [4.69, 9.17) is 31.5 Å². The van der Waals surface area contributed by atoms with E-state index in [1.165, 1.54) is 12.8 Å². The van der Waals surface area contributed by atoms with Crippen molar-refractivity contribution < 1.29 is 14.2 Å². The summed E-state index contributed by atoms with van der Waals surface area (Å²) in [5, 5.41) is 0.615. The lowest BCUT2D eigenvalue weighted by Crippen LogP contribution is -2.34. The van der Waals surface area contributed by atoms with Crippen molar-refractivity contribution in [3.63, 3.8) is 0 Å². The Morgan fingerprint density at radius 2 is 2.00 bits per heavy atom. The maximum Gasteiger partial charge on any atom is 0.166 e. The molecule has 1 aliphatic heterocycles. The number of nitrogens with two attached hydrogens (primary N) is 1. The summed E-state index contributed by atoms with van der Waals surface area (Å²) in [4.78, 5) is 0. The summed E-state index contributed by atoms with van der Waals surface area (Å²) < 4.78 is 17.0. The number of fused-ring (bicyclic) bond motifs is 1. The van der Waals surface area contributed by atoms with Crippen LogP contribution in [-0.4, -0.2) is 26.9 Å². The summed E-state index contributed by atoms with van der Waals surface area (Å²) in [5.41, 5.74) is 6.96. The van der Waals surface area contributed by atoms with Crippen LogP contribution in [0.2, 0.25) is 5.02 Å². The molecular weight excluding hydrogens is 278 g/mol. The van der Waals surface area contributed by atoms with Gasteiger partial charge in [0, 0.05) is 23.6 Å². The van der Waals surface area contributed by atoms with Crippen LogP contribution >= 0.6 is 11.6 Å². The standard InChI is InChI=1S/C15H20ClNO3/c1-18-10-8-11-14(20-7-6-19-11)12(13(10)16)15(9-17)4-2-3-5-15/h8H,2-7,9,17H2,1H3. The molecule has 0 saturated heterocycles. The summed E-state index contributed by atoms with van der Waals surface area (Å²) in [6.07, 6.45) is 4.40. The first kappa shape index (κ1) is 13.8. The summed E-state index contributed by atoms with van der Waals surface area (Å²) in [5.74, 6) is 2.10. The minimum absolute atomic E-state index is 0.115. The quantitative estimate of drug-likeness (QED) is 0.932. The van der Waals surface area contributed by atoms with Crippen LogP contribution in [0.4, 0.5) is 0 Å². The van der Waals surface area contributed by atoms with Gasteiger partial charge in [-0.25, -0.2) is 0 Å². The third-order valence-corrected chi connectivity index (χ3v) is 4.81. The highest BCUT2D eigenvalue weighted by Gasteiger charge is 2.41. The van der Waals surface area contributed by atoms with Crippen LogP contribution in [0.5, 0.6) is 17.2 Å². The number of ether oxygens (including phenoxy) is 3. The van der Waals surface area contributed by atoms with E-state index in [1.54, 1.807) is 13.2 Å². The highest BCUT2D eigenvalue weighted by Crippen LogP contribution is 2.53. The van der Waals surface area contributed by atoms with Crippen molar-refractivity contribution in [2.75, 3.05) is 26.9 Å². The fourth-order valence-corrected chi connectivity index (χ4v) is 3.79. The monoisotopic (exact) mass is 297 g/mol. The van der Waals surface area contributed by atoms with Gasteiger partial charge in [0.25, 0.3) is 0 Å². The van der Waals surface area contributed by atoms with E-state index >= 15 is 0 Å². The van der Waals surface area contributed by atoms with E-state index in [9.17, 15) is 0 Å². The highest BCUT2D eigenvalue weighted by molar-refractivity contribution is 6.33. The van der Waals surface area contributed by atoms with Crippen LogP contribution in [0.25, 0.3) is 0 Å². The molecule has 4 nitrogen and oxygen atoms in total. The van der Waals surface area contributed by atoms with Gasteiger partial charge < -0.3 is 19.9 Å². The van der Waals surface area contributed by atoms with E-state index in [1.807, 2.05) is 0 Å². The average Bonchev–Trinajstić information content (AvgIpc) is 2.96. The first-order valence-corrected chi connectivity index (χ1v) is 7.46. The third-order valence-electron chi connectivity index (χ3n) is 4.44. The van der Waals surface area contributed by atoms with Gasteiger partial charge in [0.15, 0.2) is 11.5 Å². The van der Waals surface area contributed by atoms with Gasteiger partial charge in [-0.15, -0.1) is 0 Å². The number of hydrogen-bond donors (Lipinski definition) is 1. The molecule has 2 N–H and O–H groups in total. The minimum Gasteiger partial charge on any atom is -0.495 e. The van der Waals surface area contributed by atoms with Gasteiger partial charge in [0.05, 0.1) is 12.1 Å². The van der Waals surface area contributed by atoms with Crippen LogP contribution < -0.4 is 19.9 Å². The highest BCUT2D eigenvalue weighted by atomic mass is 35.5. The summed E-state index contributed by atoms with van der Waals surface area (Å²) in [6, 6.07) is 1.81. The molecule has 1 saturated carbocycles. The SMILES string of the molecule is COc1cc2c(c(C3(CN)CCCC3)c1Cl)OCCO2. The molecule has 0 atom stereocenters. The largest absolute Gasteiger partial charge is 0.495 e. The minimum atomic E-state index is -0.115. The van der Waals surface area contributed by atoms with Crippen molar-refractivity contribution in [3.8, 4) is 17.2 Å². The first-order chi connectivity index (χ1) is 9.72. The molecule has 1 fully saturated rings. The van der Waals surface area contributed by atoms with Crippen LogP contribution in [0.3, 0.4) is 0 Å². The Bertz CT molecular complexity index is 512. The lowest BCUT2D eigenvalue weighted by atomic mass is 9.78. The molecule has 3 rings (SSSR count). The maximum atomic E-state index is 6.58. The summed E-state index contributed by atoms with van der Waals surface area (Å²) in [7, 11) is 1.62. The molecule has 110 valence electrons. The van der Waals surface area contributed by atoms with Crippen LogP contribution in [-0.2, 0) is 5.41 Å². The summed E-state index contributed by atoms with van der Waals surface area (Å²) >= 11 is 6.58. The van der Waals surface area contributed by atoms with Crippen molar-refractivity contribution in [1.29, 1.82) is 0 Å². The Kier molecular flexibility index (Phi) is 3.69. The molecule has 0 bridgehead atoms. The number of methoxy groups -OCH3 is 1. The molecule has 0 spiro atoms. The number of rotatable bonds is 3. The Morgan fingerprint density at radius 1 is 1.30 bits per heavy atom. The molecule has 1 aromatic rings. The zero-order valence-corrected chi connectivity index (χ0v) is 12.5. The van der Waals surface area contributed by atoms with Gasteiger partial charge in [0.2, 0.25) is 0 Å². The van der Waals surface area contributed by atoms with Gasteiger partial charge in [-0.1, -0.05) is 24.4 Å². The second-order valence-corrected chi connectivity index (χ2v) is 5.86. The zero-order valence-electron chi connectivity index (χ0n) is 11.7.